The van der Waals surface area contributed by atoms with Gasteiger partial charge in [0.2, 0.25) is 11.6 Å². The molecule has 2 aromatic rings. The second-order valence-electron chi connectivity index (χ2n) is 4.44. The lowest BCUT2D eigenvalue weighted by Crippen LogP contribution is -2.16. The first-order chi connectivity index (χ1) is 10.6. The van der Waals surface area contributed by atoms with E-state index in [4.69, 9.17) is 9.47 Å². The molecule has 0 radical (unpaired) electrons. The third kappa shape index (κ3) is 2.88. The Bertz CT molecular complexity index is 719. The van der Waals surface area contributed by atoms with Crippen molar-refractivity contribution in [1.82, 2.24) is 0 Å². The van der Waals surface area contributed by atoms with E-state index in [0.717, 1.165) is 0 Å². The predicted octanol–water partition coefficient (Wildman–Crippen LogP) is 2.58. The molecule has 0 N–H and O–H groups in total. The van der Waals surface area contributed by atoms with Gasteiger partial charge in [0.15, 0.2) is 17.8 Å². The first-order valence-corrected chi connectivity index (χ1v) is 6.47. The molecule has 0 spiro atoms. The molecule has 2 rings (SSSR count). The lowest BCUT2D eigenvalue weighted by Gasteiger charge is -2.11. The van der Waals surface area contributed by atoms with Crippen LogP contribution in [0.1, 0.15) is 31.1 Å². The van der Waals surface area contributed by atoms with Crippen molar-refractivity contribution in [3.05, 3.63) is 59.2 Å². The first kappa shape index (κ1) is 15.4. The highest BCUT2D eigenvalue weighted by Crippen LogP contribution is 2.30. The topological polar surface area (TPSA) is 69.7 Å². The summed E-state index contributed by atoms with van der Waals surface area (Å²) < 4.78 is 10.2. The molecule has 0 saturated carbocycles. The lowest BCUT2D eigenvalue weighted by molar-refractivity contribution is 0.0815. The van der Waals surface area contributed by atoms with E-state index in [9.17, 15) is 14.4 Å². The van der Waals surface area contributed by atoms with E-state index in [2.05, 4.69) is 0 Å². The molecule has 2 aromatic carbocycles. The maximum Gasteiger partial charge on any atom is 0.234 e. The monoisotopic (exact) mass is 298 g/mol. The number of ketones is 2. The smallest absolute Gasteiger partial charge is 0.234 e. The second kappa shape index (κ2) is 6.67. The van der Waals surface area contributed by atoms with Crippen LogP contribution in [0.4, 0.5) is 0 Å². The summed E-state index contributed by atoms with van der Waals surface area (Å²) in [5.74, 6) is -0.865. The number of benzene rings is 2. The van der Waals surface area contributed by atoms with Crippen LogP contribution in [0.2, 0.25) is 0 Å². The highest BCUT2D eigenvalue weighted by Gasteiger charge is 2.23. The van der Waals surface area contributed by atoms with Crippen LogP contribution in [-0.2, 0) is 0 Å². The summed E-state index contributed by atoms with van der Waals surface area (Å²) in [6, 6.07) is 10.9. The fourth-order valence-electron chi connectivity index (χ4n) is 2.03. The van der Waals surface area contributed by atoms with E-state index < -0.39 is 11.6 Å². The van der Waals surface area contributed by atoms with Crippen molar-refractivity contribution in [3.8, 4) is 11.5 Å². The average molecular weight is 298 g/mol. The molecule has 0 saturated heterocycles. The number of methoxy groups -OCH3 is 2. The van der Waals surface area contributed by atoms with Crippen molar-refractivity contribution in [2.75, 3.05) is 14.2 Å². The van der Waals surface area contributed by atoms with Crippen molar-refractivity contribution in [3.63, 3.8) is 0 Å². The Hall–Kier alpha value is -2.95. The van der Waals surface area contributed by atoms with Gasteiger partial charge in [0, 0.05) is 16.7 Å². The molecule has 5 heteroatoms. The van der Waals surface area contributed by atoms with E-state index in [0.29, 0.717) is 12.0 Å². The fourth-order valence-corrected chi connectivity index (χ4v) is 2.03. The minimum absolute atomic E-state index is 0.0125. The number of ether oxygens (including phenoxy) is 2. The van der Waals surface area contributed by atoms with Gasteiger partial charge in [-0.05, 0) is 12.1 Å². The van der Waals surface area contributed by atoms with Crippen LogP contribution in [0.3, 0.4) is 0 Å². The Morgan fingerprint density at radius 3 is 2.05 bits per heavy atom. The average Bonchev–Trinajstić information content (AvgIpc) is 2.59. The van der Waals surface area contributed by atoms with Gasteiger partial charge in [0.1, 0.15) is 0 Å². The van der Waals surface area contributed by atoms with Crippen molar-refractivity contribution < 1.29 is 23.9 Å². The third-order valence-corrected chi connectivity index (χ3v) is 3.17. The van der Waals surface area contributed by atoms with Crippen molar-refractivity contribution in [2.24, 2.45) is 0 Å². The molecule has 0 atom stereocenters. The molecule has 0 aliphatic rings. The summed E-state index contributed by atoms with van der Waals surface area (Å²) in [6.07, 6.45) is 0.507. The van der Waals surface area contributed by atoms with Gasteiger partial charge < -0.3 is 9.47 Å². The number of carbonyl (C=O) groups excluding carboxylic acids is 3. The maximum atomic E-state index is 12.4. The number of carbonyl (C=O) groups is 3. The summed E-state index contributed by atoms with van der Waals surface area (Å²) in [4.78, 5) is 35.8. The highest BCUT2D eigenvalue weighted by molar-refractivity contribution is 6.50. The van der Waals surface area contributed by atoms with Gasteiger partial charge >= 0.3 is 0 Å². The SMILES string of the molecule is COc1cc(C=O)c(C(=O)C(=O)c2ccccc2)cc1OC. The number of hydrogen-bond acceptors (Lipinski definition) is 5. The number of rotatable bonds is 6. The van der Waals surface area contributed by atoms with Crippen LogP contribution in [-0.4, -0.2) is 32.1 Å². The molecule has 0 aliphatic heterocycles. The predicted molar refractivity (Wildman–Crippen MR) is 80.0 cm³/mol. The van der Waals surface area contributed by atoms with E-state index >= 15 is 0 Å². The zero-order valence-corrected chi connectivity index (χ0v) is 12.2. The van der Waals surface area contributed by atoms with E-state index in [-0.39, 0.29) is 22.4 Å². The Balaban J connectivity index is 2.49. The summed E-state index contributed by atoms with van der Waals surface area (Å²) in [5.41, 5.74) is 0.326. The highest BCUT2D eigenvalue weighted by atomic mass is 16.5. The largest absolute Gasteiger partial charge is 0.493 e. The van der Waals surface area contributed by atoms with Crippen LogP contribution in [0.15, 0.2) is 42.5 Å². The quantitative estimate of drug-likeness (QED) is 0.466. The summed E-state index contributed by atoms with van der Waals surface area (Å²) in [7, 11) is 2.83. The number of hydrogen-bond donors (Lipinski definition) is 0. The molecular weight excluding hydrogens is 284 g/mol. The van der Waals surface area contributed by atoms with Crippen LogP contribution in [0.25, 0.3) is 0 Å². The maximum absolute atomic E-state index is 12.4. The standard InChI is InChI=1S/C17H14O5/c1-21-14-8-12(10-18)13(9-15(14)22-2)17(20)16(19)11-6-4-3-5-7-11/h3-10H,1-2H3. The summed E-state index contributed by atoms with van der Waals surface area (Å²) in [6.45, 7) is 0. The Labute approximate surface area is 127 Å². The van der Waals surface area contributed by atoms with Crippen molar-refractivity contribution >= 4 is 17.9 Å². The Morgan fingerprint density at radius 2 is 1.50 bits per heavy atom. The van der Waals surface area contributed by atoms with Gasteiger partial charge in [0.25, 0.3) is 0 Å². The van der Waals surface area contributed by atoms with Gasteiger partial charge in [-0.15, -0.1) is 0 Å². The number of Topliss-reactive ketones (excluding diaryl/α,β-unsaturated/α-hetero) is 2. The van der Waals surface area contributed by atoms with Crippen LogP contribution in [0.5, 0.6) is 11.5 Å². The third-order valence-electron chi connectivity index (χ3n) is 3.17. The van der Waals surface area contributed by atoms with E-state index in [1.54, 1.807) is 30.3 Å². The zero-order chi connectivity index (χ0) is 16.1. The molecule has 0 unspecified atom stereocenters. The van der Waals surface area contributed by atoms with Crippen LogP contribution in [0, 0.1) is 0 Å². The molecule has 22 heavy (non-hydrogen) atoms. The molecule has 0 bridgehead atoms. The number of aldehydes is 1. The second-order valence-corrected chi connectivity index (χ2v) is 4.44. The first-order valence-electron chi connectivity index (χ1n) is 6.47. The van der Waals surface area contributed by atoms with Gasteiger partial charge in [-0.2, -0.15) is 0 Å². The molecular formula is C17H14O5. The van der Waals surface area contributed by atoms with Gasteiger partial charge in [-0.3, -0.25) is 14.4 Å². The van der Waals surface area contributed by atoms with Gasteiger partial charge in [-0.1, -0.05) is 30.3 Å². The van der Waals surface area contributed by atoms with E-state index in [1.165, 1.54) is 26.4 Å². The van der Waals surface area contributed by atoms with Gasteiger partial charge in [0.05, 0.1) is 14.2 Å². The lowest BCUT2D eigenvalue weighted by atomic mass is 9.97. The van der Waals surface area contributed by atoms with Crippen molar-refractivity contribution in [2.45, 2.75) is 0 Å². The summed E-state index contributed by atoms with van der Waals surface area (Å²) in [5, 5.41) is 0. The fraction of sp³-hybridized carbons (Fsp3) is 0.118. The minimum atomic E-state index is -0.769. The molecule has 0 aliphatic carbocycles. The molecule has 0 aromatic heterocycles. The van der Waals surface area contributed by atoms with Crippen LogP contribution >= 0.6 is 0 Å². The molecule has 0 heterocycles. The Morgan fingerprint density at radius 1 is 0.909 bits per heavy atom. The molecule has 5 nitrogen and oxygen atoms in total. The van der Waals surface area contributed by atoms with Crippen LogP contribution < -0.4 is 9.47 Å². The molecule has 0 fully saturated rings. The van der Waals surface area contributed by atoms with Gasteiger partial charge in [-0.25, -0.2) is 0 Å². The van der Waals surface area contributed by atoms with E-state index in [1.807, 2.05) is 0 Å². The molecule has 0 amide bonds. The van der Waals surface area contributed by atoms with Crippen molar-refractivity contribution in [1.29, 1.82) is 0 Å². The normalized spacial score (nSPS) is 9.91. The molecule has 112 valence electrons. The zero-order valence-electron chi connectivity index (χ0n) is 12.2. The minimum Gasteiger partial charge on any atom is -0.493 e. The summed E-state index contributed by atoms with van der Waals surface area (Å²) >= 11 is 0. The Kier molecular flexibility index (Phi) is 4.68.